The summed E-state index contributed by atoms with van der Waals surface area (Å²) in [6, 6.07) is 22.6. The number of nitrogens with one attached hydrogen (secondary N) is 1. The summed E-state index contributed by atoms with van der Waals surface area (Å²) < 4.78 is 1.95. The van der Waals surface area contributed by atoms with E-state index in [1.54, 1.807) is 0 Å². The first-order chi connectivity index (χ1) is 14.6. The van der Waals surface area contributed by atoms with E-state index in [-0.39, 0.29) is 0 Å². The second kappa shape index (κ2) is 8.37. The molecular formula is C26H26N4. The summed E-state index contributed by atoms with van der Waals surface area (Å²) in [5.41, 5.74) is 9.51. The van der Waals surface area contributed by atoms with E-state index in [1.165, 1.54) is 5.56 Å². The zero-order valence-corrected chi connectivity index (χ0v) is 17.5. The molecule has 4 heteroatoms. The lowest BCUT2D eigenvalue weighted by atomic mass is 9.95. The van der Waals surface area contributed by atoms with E-state index in [2.05, 4.69) is 66.9 Å². The number of aromatic nitrogens is 3. The molecule has 1 heterocycles. The fraction of sp³-hybridized carbons (Fsp3) is 0.154. The lowest BCUT2D eigenvalue weighted by molar-refractivity contribution is 0.669. The first kappa shape index (κ1) is 19.6. The molecule has 4 rings (SSSR count). The summed E-state index contributed by atoms with van der Waals surface area (Å²) in [7, 11) is 0. The Bertz CT molecular complexity index is 1220. The van der Waals surface area contributed by atoms with Gasteiger partial charge in [-0.25, -0.2) is 4.68 Å². The Kier molecular flexibility index (Phi) is 5.48. The van der Waals surface area contributed by atoms with Gasteiger partial charge in [-0.1, -0.05) is 67.8 Å². The maximum Gasteiger partial charge on any atom is 0.113 e. The van der Waals surface area contributed by atoms with Gasteiger partial charge >= 0.3 is 0 Å². The van der Waals surface area contributed by atoms with Gasteiger partial charge in [-0.15, -0.1) is 5.10 Å². The van der Waals surface area contributed by atoms with Gasteiger partial charge in [-0.2, -0.15) is 0 Å². The van der Waals surface area contributed by atoms with Crippen LogP contribution in [0.1, 0.15) is 35.6 Å². The third-order valence-corrected chi connectivity index (χ3v) is 5.41. The van der Waals surface area contributed by atoms with Crippen molar-refractivity contribution in [2.24, 2.45) is 0 Å². The molecule has 0 unspecified atom stereocenters. The standard InChI is InChI=1S/C26H26N4/c1-5-18(2)23-15-19(3)25(27-20(4)21-11-7-6-8-12-21)16-22(23)17-30-26-14-10-9-13-24(26)28-29-30/h6-16,27H,2,4-5,17H2,1,3H3. The summed E-state index contributed by atoms with van der Waals surface area (Å²) >= 11 is 0. The van der Waals surface area contributed by atoms with Crippen LogP contribution in [0.15, 0.2) is 79.9 Å². The molecule has 0 spiro atoms. The van der Waals surface area contributed by atoms with Gasteiger partial charge in [0.2, 0.25) is 0 Å². The summed E-state index contributed by atoms with van der Waals surface area (Å²) in [5.74, 6) is 0. The first-order valence-corrected chi connectivity index (χ1v) is 10.2. The van der Waals surface area contributed by atoms with Crippen LogP contribution in [0.25, 0.3) is 22.3 Å². The number of hydrogen-bond donors (Lipinski definition) is 1. The fourth-order valence-corrected chi connectivity index (χ4v) is 3.61. The van der Waals surface area contributed by atoms with Crippen molar-refractivity contribution in [3.63, 3.8) is 0 Å². The number of benzene rings is 3. The molecule has 0 fully saturated rings. The van der Waals surface area contributed by atoms with Crippen LogP contribution in [-0.2, 0) is 6.54 Å². The number of nitrogens with zero attached hydrogens (tertiary/aromatic N) is 3. The SMILES string of the molecule is C=C(Nc1cc(Cn2nnc3ccccc32)c(C(=C)CC)cc1C)c1ccccc1. The van der Waals surface area contributed by atoms with Crippen LogP contribution in [0.2, 0.25) is 0 Å². The second-order valence-electron chi connectivity index (χ2n) is 7.49. The highest BCUT2D eigenvalue weighted by Crippen LogP contribution is 2.30. The molecule has 0 bridgehead atoms. The van der Waals surface area contributed by atoms with E-state index in [0.29, 0.717) is 6.54 Å². The van der Waals surface area contributed by atoms with Gasteiger partial charge in [-0.3, -0.25) is 0 Å². The van der Waals surface area contributed by atoms with Crippen LogP contribution in [-0.4, -0.2) is 15.0 Å². The van der Waals surface area contributed by atoms with Crippen molar-refractivity contribution >= 4 is 28.0 Å². The van der Waals surface area contributed by atoms with Gasteiger partial charge in [0.15, 0.2) is 0 Å². The van der Waals surface area contributed by atoms with Crippen LogP contribution in [0.3, 0.4) is 0 Å². The molecule has 1 aromatic heterocycles. The maximum atomic E-state index is 4.38. The average molecular weight is 395 g/mol. The third-order valence-electron chi connectivity index (χ3n) is 5.41. The smallest absolute Gasteiger partial charge is 0.113 e. The molecule has 0 atom stereocenters. The average Bonchev–Trinajstić information content (AvgIpc) is 3.18. The van der Waals surface area contributed by atoms with Crippen LogP contribution in [0, 0.1) is 6.92 Å². The van der Waals surface area contributed by atoms with Crippen molar-refractivity contribution in [1.29, 1.82) is 0 Å². The monoisotopic (exact) mass is 394 g/mol. The molecule has 0 amide bonds. The highest BCUT2D eigenvalue weighted by atomic mass is 15.4. The van der Waals surface area contributed by atoms with Gasteiger partial charge in [0.25, 0.3) is 0 Å². The van der Waals surface area contributed by atoms with Crippen molar-refractivity contribution in [2.45, 2.75) is 26.8 Å². The zero-order chi connectivity index (χ0) is 21.1. The number of hydrogen-bond acceptors (Lipinski definition) is 3. The molecule has 0 saturated heterocycles. The summed E-state index contributed by atoms with van der Waals surface area (Å²) in [6.45, 7) is 13.4. The number of aryl methyl sites for hydroxylation is 1. The van der Waals surface area contributed by atoms with Crippen molar-refractivity contribution in [2.75, 3.05) is 5.32 Å². The van der Waals surface area contributed by atoms with Gasteiger partial charge in [0, 0.05) is 11.4 Å². The Balaban J connectivity index is 1.72. The predicted molar refractivity (Wildman–Crippen MR) is 126 cm³/mol. The maximum absolute atomic E-state index is 4.38. The molecule has 3 aromatic carbocycles. The molecule has 150 valence electrons. The van der Waals surface area contributed by atoms with E-state index in [4.69, 9.17) is 0 Å². The predicted octanol–water partition coefficient (Wildman–Crippen LogP) is 6.29. The van der Waals surface area contributed by atoms with E-state index < -0.39 is 0 Å². The third kappa shape index (κ3) is 3.90. The number of fused-ring (bicyclic) bond motifs is 1. The normalized spacial score (nSPS) is 10.9. The summed E-state index contributed by atoms with van der Waals surface area (Å²) in [6.07, 6.45) is 0.897. The van der Waals surface area contributed by atoms with E-state index in [1.807, 2.05) is 47.1 Å². The Morgan fingerprint density at radius 1 is 1.00 bits per heavy atom. The topological polar surface area (TPSA) is 42.7 Å². The van der Waals surface area contributed by atoms with E-state index in [9.17, 15) is 0 Å². The molecule has 0 aliphatic carbocycles. The largest absolute Gasteiger partial charge is 0.355 e. The Hall–Kier alpha value is -3.66. The lowest BCUT2D eigenvalue weighted by Crippen LogP contribution is -2.07. The van der Waals surface area contributed by atoms with Crippen molar-refractivity contribution in [1.82, 2.24) is 15.0 Å². The highest BCUT2D eigenvalue weighted by Gasteiger charge is 2.13. The number of allylic oxidation sites excluding steroid dienone is 1. The fourth-order valence-electron chi connectivity index (χ4n) is 3.61. The lowest BCUT2D eigenvalue weighted by Gasteiger charge is -2.18. The molecule has 0 saturated carbocycles. The minimum atomic E-state index is 0.627. The minimum Gasteiger partial charge on any atom is -0.355 e. The van der Waals surface area contributed by atoms with Crippen LogP contribution < -0.4 is 5.32 Å². The molecule has 0 aliphatic rings. The minimum absolute atomic E-state index is 0.627. The van der Waals surface area contributed by atoms with E-state index in [0.717, 1.165) is 51.1 Å². The van der Waals surface area contributed by atoms with Crippen molar-refractivity contribution in [3.05, 3.63) is 102 Å². The van der Waals surface area contributed by atoms with Gasteiger partial charge < -0.3 is 5.32 Å². The Morgan fingerprint density at radius 3 is 2.50 bits per heavy atom. The molecule has 0 radical (unpaired) electrons. The van der Waals surface area contributed by atoms with Gasteiger partial charge in [0.05, 0.1) is 12.1 Å². The number of rotatable bonds is 7. The quantitative estimate of drug-likeness (QED) is 0.400. The first-order valence-electron chi connectivity index (χ1n) is 10.2. The van der Waals surface area contributed by atoms with Crippen LogP contribution in [0.4, 0.5) is 5.69 Å². The molecular weight excluding hydrogens is 368 g/mol. The molecule has 4 nitrogen and oxygen atoms in total. The highest BCUT2D eigenvalue weighted by molar-refractivity contribution is 5.79. The molecule has 1 N–H and O–H groups in total. The van der Waals surface area contributed by atoms with Crippen molar-refractivity contribution in [3.8, 4) is 0 Å². The zero-order valence-electron chi connectivity index (χ0n) is 17.5. The second-order valence-corrected chi connectivity index (χ2v) is 7.49. The Morgan fingerprint density at radius 2 is 1.73 bits per heavy atom. The summed E-state index contributed by atoms with van der Waals surface area (Å²) in [5, 5.41) is 12.2. The van der Waals surface area contributed by atoms with Crippen LogP contribution >= 0.6 is 0 Å². The molecule has 30 heavy (non-hydrogen) atoms. The summed E-state index contributed by atoms with van der Waals surface area (Å²) in [4.78, 5) is 0. The van der Waals surface area contributed by atoms with Gasteiger partial charge in [0.1, 0.15) is 5.52 Å². The number of anilines is 1. The Labute approximate surface area is 177 Å². The molecule has 4 aromatic rings. The molecule has 0 aliphatic heterocycles. The van der Waals surface area contributed by atoms with E-state index >= 15 is 0 Å². The van der Waals surface area contributed by atoms with Crippen molar-refractivity contribution < 1.29 is 0 Å². The van der Waals surface area contributed by atoms with Gasteiger partial charge in [-0.05, 0) is 65.4 Å². The number of para-hydroxylation sites is 1. The van der Waals surface area contributed by atoms with Crippen LogP contribution in [0.5, 0.6) is 0 Å².